The number of anilines is 1. The fraction of sp³-hybridized carbons (Fsp3) is 0.652. The van der Waals surface area contributed by atoms with Gasteiger partial charge in [0.25, 0.3) is 0 Å². The van der Waals surface area contributed by atoms with Gasteiger partial charge in [0, 0.05) is 57.4 Å². The molecule has 0 saturated carbocycles. The highest BCUT2D eigenvalue weighted by molar-refractivity contribution is 5.79. The van der Waals surface area contributed by atoms with E-state index >= 15 is 0 Å². The van der Waals surface area contributed by atoms with Crippen molar-refractivity contribution in [1.82, 2.24) is 9.80 Å². The lowest BCUT2D eigenvalue weighted by Crippen LogP contribution is -2.52. The standard InChI is InChI=1S/C23H32FN3O4/c1-17-16-27(19-5-3-18(24)4-6-19)14-13-25(17)10-7-20-15-23(21(28)31-20)8-11-26(12-9-23)22(29)30-2/h3-6,17,20H,7-16H2,1-2H3/t17-,20-/m0/s1. The van der Waals surface area contributed by atoms with Gasteiger partial charge in [-0.05, 0) is 50.5 Å². The maximum Gasteiger partial charge on any atom is 0.409 e. The summed E-state index contributed by atoms with van der Waals surface area (Å²) >= 11 is 0. The predicted octanol–water partition coefficient (Wildman–Crippen LogP) is 2.89. The molecule has 0 N–H and O–H groups in total. The van der Waals surface area contributed by atoms with E-state index in [2.05, 4.69) is 16.7 Å². The highest BCUT2D eigenvalue weighted by atomic mass is 19.1. The van der Waals surface area contributed by atoms with Crippen LogP contribution in [0.15, 0.2) is 24.3 Å². The van der Waals surface area contributed by atoms with E-state index in [1.165, 1.54) is 19.2 Å². The number of nitrogens with zero attached hydrogens (tertiary/aromatic N) is 3. The maximum absolute atomic E-state index is 13.2. The van der Waals surface area contributed by atoms with E-state index in [-0.39, 0.29) is 24.0 Å². The molecular weight excluding hydrogens is 401 g/mol. The summed E-state index contributed by atoms with van der Waals surface area (Å²) in [6.07, 6.45) is 2.47. The molecule has 8 heteroatoms. The number of ether oxygens (including phenoxy) is 2. The molecule has 31 heavy (non-hydrogen) atoms. The van der Waals surface area contributed by atoms with Crippen molar-refractivity contribution in [3.8, 4) is 0 Å². The highest BCUT2D eigenvalue weighted by Gasteiger charge is 2.50. The number of hydrogen-bond donors (Lipinski definition) is 0. The number of piperidine rings is 1. The summed E-state index contributed by atoms with van der Waals surface area (Å²) in [5.41, 5.74) is 0.611. The summed E-state index contributed by atoms with van der Waals surface area (Å²) in [5, 5.41) is 0. The van der Waals surface area contributed by atoms with E-state index in [0.717, 1.165) is 44.7 Å². The fourth-order valence-electron chi connectivity index (χ4n) is 5.18. The predicted molar refractivity (Wildman–Crippen MR) is 114 cm³/mol. The Morgan fingerprint density at radius 3 is 2.55 bits per heavy atom. The SMILES string of the molecule is COC(=O)N1CCC2(CC1)C[C@H](CCN1CCN(c3ccc(F)cc3)C[C@@H]1C)OC2=O. The number of carbonyl (C=O) groups excluding carboxylic acids is 2. The van der Waals surface area contributed by atoms with Crippen LogP contribution in [0.3, 0.4) is 0 Å². The second-order valence-electron chi connectivity index (χ2n) is 9.06. The van der Waals surface area contributed by atoms with E-state index in [9.17, 15) is 14.0 Å². The normalized spacial score (nSPS) is 26.2. The smallest absolute Gasteiger partial charge is 0.409 e. The van der Waals surface area contributed by atoms with Crippen molar-refractivity contribution in [2.45, 2.75) is 44.8 Å². The first kappa shape index (κ1) is 21.9. The summed E-state index contributed by atoms with van der Waals surface area (Å²) in [6.45, 7) is 6.89. The first-order chi connectivity index (χ1) is 14.9. The minimum atomic E-state index is -0.442. The fourth-order valence-corrected chi connectivity index (χ4v) is 5.18. The second-order valence-corrected chi connectivity index (χ2v) is 9.06. The monoisotopic (exact) mass is 433 g/mol. The van der Waals surface area contributed by atoms with Gasteiger partial charge in [-0.25, -0.2) is 9.18 Å². The molecule has 1 amide bonds. The van der Waals surface area contributed by atoms with Gasteiger partial charge in [0.2, 0.25) is 0 Å². The van der Waals surface area contributed by atoms with Crippen LogP contribution in [0.5, 0.6) is 0 Å². The van der Waals surface area contributed by atoms with E-state index in [1.54, 1.807) is 4.90 Å². The second kappa shape index (κ2) is 9.02. The molecule has 4 rings (SSSR count). The molecule has 0 radical (unpaired) electrons. The van der Waals surface area contributed by atoms with Crippen LogP contribution in [0.2, 0.25) is 0 Å². The third kappa shape index (κ3) is 4.63. The minimum Gasteiger partial charge on any atom is -0.462 e. The van der Waals surface area contributed by atoms with Crippen molar-refractivity contribution in [1.29, 1.82) is 0 Å². The van der Waals surface area contributed by atoms with Crippen LogP contribution in [-0.4, -0.2) is 80.4 Å². The third-order valence-corrected chi connectivity index (χ3v) is 7.17. The molecule has 3 saturated heterocycles. The molecule has 1 aromatic rings. The van der Waals surface area contributed by atoms with Crippen LogP contribution >= 0.6 is 0 Å². The van der Waals surface area contributed by atoms with Crippen LogP contribution in [0.1, 0.15) is 32.6 Å². The Hall–Kier alpha value is -2.35. The number of esters is 1. The zero-order valence-electron chi connectivity index (χ0n) is 18.4. The lowest BCUT2D eigenvalue weighted by Gasteiger charge is -2.41. The lowest BCUT2D eigenvalue weighted by atomic mass is 9.76. The van der Waals surface area contributed by atoms with Crippen LogP contribution in [0, 0.1) is 11.2 Å². The molecule has 3 heterocycles. The summed E-state index contributed by atoms with van der Waals surface area (Å²) in [4.78, 5) is 30.8. The molecule has 1 aromatic carbocycles. The van der Waals surface area contributed by atoms with Crippen molar-refractivity contribution >= 4 is 17.7 Å². The zero-order chi connectivity index (χ0) is 22.0. The van der Waals surface area contributed by atoms with Crippen molar-refractivity contribution in [2.24, 2.45) is 5.41 Å². The topological polar surface area (TPSA) is 62.3 Å². The van der Waals surface area contributed by atoms with Gasteiger partial charge in [-0.2, -0.15) is 0 Å². The van der Waals surface area contributed by atoms with Gasteiger partial charge in [0.05, 0.1) is 12.5 Å². The van der Waals surface area contributed by atoms with Crippen LogP contribution < -0.4 is 4.90 Å². The van der Waals surface area contributed by atoms with Gasteiger partial charge in [-0.3, -0.25) is 9.69 Å². The van der Waals surface area contributed by atoms with Crippen molar-refractivity contribution in [3.63, 3.8) is 0 Å². The van der Waals surface area contributed by atoms with Crippen LogP contribution in [0.25, 0.3) is 0 Å². The molecule has 3 aliphatic rings. The highest BCUT2D eigenvalue weighted by Crippen LogP contribution is 2.44. The Morgan fingerprint density at radius 2 is 1.90 bits per heavy atom. The molecule has 3 fully saturated rings. The van der Waals surface area contributed by atoms with E-state index in [4.69, 9.17) is 9.47 Å². The van der Waals surface area contributed by atoms with Crippen molar-refractivity contribution < 1.29 is 23.5 Å². The number of methoxy groups -OCH3 is 1. The van der Waals surface area contributed by atoms with Gasteiger partial charge in [-0.15, -0.1) is 0 Å². The number of likely N-dealkylation sites (tertiary alicyclic amines) is 1. The molecule has 0 bridgehead atoms. The number of cyclic esters (lactones) is 1. The Balaban J connectivity index is 1.25. The molecule has 2 atom stereocenters. The van der Waals surface area contributed by atoms with Gasteiger partial charge >= 0.3 is 12.1 Å². The molecule has 170 valence electrons. The number of hydrogen-bond acceptors (Lipinski definition) is 6. The molecule has 0 unspecified atom stereocenters. The lowest BCUT2D eigenvalue weighted by molar-refractivity contribution is -0.150. The summed E-state index contributed by atoms with van der Waals surface area (Å²) in [5.74, 6) is -0.313. The average molecular weight is 434 g/mol. The van der Waals surface area contributed by atoms with E-state index in [1.807, 2.05) is 12.1 Å². The Labute approximate surface area is 183 Å². The molecule has 0 aromatic heterocycles. The number of carbonyl (C=O) groups is 2. The number of halogens is 1. The molecule has 0 aliphatic carbocycles. The molecule has 3 aliphatic heterocycles. The van der Waals surface area contributed by atoms with E-state index < -0.39 is 5.41 Å². The largest absolute Gasteiger partial charge is 0.462 e. The van der Waals surface area contributed by atoms with E-state index in [0.29, 0.717) is 32.0 Å². The first-order valence-electron chi connectivity index (χ1n) is 11.2. The quantitative estimate of drug-likeness (QED) is 0.681. The van der Waals surface area contributed by atoms with Gasteiger partial charge in [-0.1, -0.05) is 0 Å². The van der Waals surface area contributed by atoms with Crippen LogP contribution in [0.4, 0.5) is 14.9 Å². The first-order valence-corrected chi connectivity index (χ1v) is 11.2. The Kier molecular flexibility index (Phi) is 6.36. The summed E-state index contributed by atoms with van der Waals surface area (Å²) < 4.78 is 23.7. The van der Waals surface area contributed by atoms with Crippen molar-refractivity contribution in [2.75, 3.05) is 51.3 Å². The summed E-state index contributed by atoms with van der Waals surface area (Å²) in [6, 6.07) is 7.05. The molecular formula is C23H32FN3O4. The Morgan fingerprint density at radius 1 is 1.19 bits per heavy atom. The van der Waals surface area contributed by atoms with Gasteiger partial charge < -0.3 is 19.3 Å². The Bertz CT molecular complexity index is 795. The molecule has 7 nitrogen and oxygen atoms in total. The number of piperazine rings is 1. The zero-order valence-corrected chi connectivity index (χ0v) is 18.4. The number of benzene rings is 1. The maximum atomic E-state index is 13.2. The number of rotatable bonds is 4. The molecule has 1 spiro atoms. The van der Waals surface area contributed by atoms with Crippen LogP contribution in [-0.2, 0) is 14.3 Å². The summed E-state index contributed by atoms with van der Waals surface area (Å²) in [7, 11) is 1.38. The average Bonchev–Trinajstić information content (AvgIpc) is 3.08. The van der Waals surface area contributed by atoms with Gasteiger partial charge in [0.15, 0.2) is 0 Å². The minimum absolute atomic E-state index is 0.0560. The third-order valence-electron chi connectivity index (χ3n) is 7.17. The van der Waals surface area contributed by atoms with Crippen molar-refractivity contribution in [3.05, 3.63) is 30.1 Å². The van der Waals surface area contributed by atoms with Gasteiger partial charge in [0.1, 0.15) is 11.9 Å². The number of amides is 1.